The van der Waals surface area contributed by atoms with Crippen molar-refractivity contribution in [2.24, 2.45) is 0 Å². The van der Waals surface area contributed by atoms with Gasteiger partial charge in [-0.3, -0.25) is 4.98 Å². The van der Waals surface area contributed by atoms with E-state index in [4.69, 9.17) is 9.84 Å². The molecule has 2 aromatic rings. The van der Waals surface area contributed by atoms with Gasteiger partial charge < -0.3 is 9.84 Å². The minimum Gasteiger partial charge on any atom is -0.460 e. The summed E-state index contributed by atoms with van der Waals surface area (Å²) in [5, 5.41) is 9.47. The van der Waals surface area contributed by atoms with Crippen LogP contribution < -0.4 is 0 Å². The van der Waals surface area contributed by atoms with Crippen LogP contribution in [0.25, 0.3) is 10.9 Å². The van der Waals surface area contributed by atoms with E-state index in [9.17, 15) is 4.79 Å². The predicted octanol–water partition coefficient (Wildman–Crippen LogP) is 2.00. The molecule has 0 amide bonds. The molecule has 0 spiro atoms. The lowest BCUT2D eigenvalue weighted by Gasteiger charge is -2.08. The molecule has 0 atom stereocenters. The third-order valence-electron chi connectivity index (χ3n) is 2.64. The average Bonchev–Trinajstić information content (AvgIpc) is 2.35. The molecule has 0 saturated heterocycles. The van der Waals surface area contributed by atoms with Crippen molar-refractivity contribution in [2.75, 3.05) is 13.2 Å². The van der Waals surface area contributed by atoms with Gasteiger partial charge in [0.1, 0.15) is 6.61 Å². The summed E-state index contributed by atoms with van der Waals surface area (Å²) >= 11 is 0. The van der Waals surface area contributed by atoms with Crippen LogP contribution in [0.5, 0.6) is 0 Å². The van der Waals surface area contributed by atoms with Gasteiger partial charge in [0.2, 0.25) is 0 Å². The number of pyridine rings is 1. The number of hydrogen-bond acceptors (Lipinski definition) is 4. The number of carbonyl (C=O) groups excluding carboxylic acids is 1. The van der Waals surface area contributed by atoms with E-state index in [1.54, 1.807) is 6.07 Å². The van der Waals surface area contributed by atoms with E-state index in [0.29, 0.717) is 5.56 Å². The fourth-order valence-corrected chi connectivity index (χ4v) is 1.86. The fraction of sp³-hybridized carbons (Fsp3) is 0.286. The number of carbonyl (C=O) groups is 1. The predicted molar refractivity (Wildman–Crippen MR) is 68.6 cm³/mol. The van der Waals surface area contributed by atoms with Gasteiger partial charge in [-0.2, -0.15) is 0 Å². The summed E-state index contributed by atoms with van der Waals surface area (Å²) in [6, 6.07) is 7.47. The van der Waals surface area contributed by atoms with Crippen molar-refractivity contribution >= 4 is 16.9 Å². The monoisotopic (exact) mass is 245 g/mol. The van der Waals surface area contributed by atoms with Gasteiger partial charge in [-0.1, -0.05) is 11.6 Å². The maximum absolute atomic E-state index is 11.9. The highest BCUT2D eigenvalue weighted by atomic mass is 16.5. The zero-order chi connectivity index (χ0) is 13.1. The molecular formula is C14H15NO3. The van der Waals surface area contributed by atoms with Gasteiger partial charge in [0.15, 0.2) is 0 Å². The van der Waals surface area contributed by atoms with E-state index in [-0.39, 0.29) is 13.2 Å². The van der Waals surface area contributed by atoms with Crippen LogP contribution in [0, 0.1) is 13.8 Å². The van der Waals surface area contributed by atoms with Gasteiger partial charge in [-0.05, 0) is 32.0 Å². The second-order valence-electron chi connectivity index (χ2n) is 4.19. The number of nitrogens with zero attached hydrogens (tertiary/aromatic N) is 1. The molecule has 1 N–H and O–H groups in total. The molecule has 0 aliphatic carbocycles. The van der Waals surface area contributed by atoms with Gasteiger partial charge in [0, 0.05) is 11.1 Å². The number of aliphatic hydroxyl groups excluding tert-OH is 1. The Morgan fingerprint density at radius 2 is 2.11 bits per heavy atom. The zero-order valence-corrected chi connectivity index (χ0v) is 10.4. The minimum atomic E-state index is -0.426. The molecule has 18 heavy (non-hydrogen) atoms. The van der Waals surface area contributed by atoms with E-state index in [1.165, 1.54) is 0 Å². The number of esters is 1. The van der Waals surface area contributed by atoms with Crippen LogP contribution in [0.3, 0.4) is 0 Å². The van der Waals surface area contributed by atoms with Crippen molar-refractivity contribution in [3.8, 4) is 0 Å². The Morgan fingerprint density at radius 3 is 2.83 bits per heavy atom. The molecule has 0 aliphatic rings. The molecule has 1 heterocycles. The lowest BCUT2D eigenvalue weighted by molar-refractivity contribution is 0.0436. The van der Waals surface area contributed by atoms with Crippen molar-refractivity contribution in [3.63, 3.8) is 0 Å². The summed E-state index contributed by atoms with van der Waals surface area (Å²) < 4.78 is 4.96. The molecule has 0 unspecified atom stereocenters. The normalized spacial score (nSPS) is 10.6. The number of benzene rings is 1. The van der Waals surface area contributed by atoms with E-state index in [2.05, 4.69) is 4.98 Å². The third kappa shape index (κ3) is 2.49. The number of ether oxygens (including phenoxy) is 1. The van der Waals surface area contributed by atoms with Crippen LogP contribution in [0.4, 0.5) is 0 Å². The Balaban J connectivity index is 2.54. The number of aliphatic hydroxyl groups is 1. The smallest absolute Gasteiger partial charge is 0.338 e. The van der Waals surface area contributed by atoms with Crippen LogP contribution in [0.2, 0.25) is 0 Å². The van der Waals surface area contributed by atoms with E-state index in [1.807, 2.05) is 32.0 Å². The van der Waals surface area contributed by atoms with Crippen LogP contribution in [0.15, 0.2) is 24.3 Å². The fourth-order valence-electron chi connectivity index (χ4n) is 1.86. The van der Waals surface area contributed by atoms with E-state index in [0.717, 1.165) is 22.2 Å². The lowest BCUT2D eigenvalue weighted by Crippen LogP contribution is -2.10. The molecule has 2 rings (SSSR count). The van der Waals surface area contributed by atoms with Crippen molar-refractivity contribution in [1.29, 1.82) is 0 Å². The quantitative estimate of drug-likeness (QED) is 0.840. The topological polar surface area (TPSA) is 59.4 Å². The molecule has 0 aliphatic heterocycles. The van der Waals surface area contributed by atoms with Gasteiger partial charge in [-0.25, -0.2) is 4.79 Å². The first-order chi connectivity index (χ1) is 8.61. The number of fused-ring (bicyclic) bond motifs is 1. The highest BCUT2D eigenvalue weighted by molar-refractivity contribution is 6.03. The lowest BCUT2D eigenvalue weighted by atomic mass is 10.1. The number of rotatable bonds is 3. The number of aryl methyl sites for hydroxylation is 2. The van der Waals surface area contributed by atoms with Crippen LogP contribution >= 0.6 is 0 Å². The second kappa shape index (κ2) is 5.14. The Labute approximate surface area is 105 Å². The molecule has 0 bridgehead atoms. The van der Waals surface area contributed by atoms with E-state index < -0.39 is 5.97 Å². The first-order valence-electron chi connectivity index (χ1n) is 5.78. The second-order valence-corrected chi connectivity index (χ2v) is 4.19. The molecule has 94 valence electrons. The Morgan fingerprint density at radius 1 is 1.33 bits per heavy atom. The summed E-state index contributed by atoms with van der Waals surface area (Å²) in [5.41, 5.74) is 3.10. The minimum absolute atomic E-state index is 0.00745. The number of hydrogen-bond donors (Lipinski definition) is 1. The van der Waals surface area contributed by atoms with Gasteiger partial charge in [0.05, 0.1) is 17.7 Å². The molecule has 4 nitrogen and oxygen atoms in total. The highest BCUT2D eigenvalue weighted by Gasteiger charge is 2.13. The summed E-state index contributed by atoms with van der Waals surface area (Å²) in [6.45, 7) is 3.63. The molecule has 0 fully saturated rings. The zero-order valence-electron chi connectivity index (χ0n) is 10.4. The largest absolute Gasteiger partial charge is 0.460 e. The summed E-state index contributed by atoms with van der Waals surface area (Å²) in [5.74, 6) is -0.426. The SMILES string of the molecule is Cc1ccc2nc(C)cc(C(=O)OCCO)c2c1. The highest BCUT2D eigenvalue weighted by Crippen LogP contribution is 2.20. The van der Waals surface area contributed by atoms with Crippen LogP contribution in [-0.2, 0) is 4.74 Å². The molecule has 1 aromatic carbocycles. The van der Waals surface area contributed by atoms with E-state index >= 15 is 0 Å². The summed E-state index contributed by atoms with van der Waals surface area (Å²) in [7, 11) is 0. The first kappa shape index (κ1) is 12.5. The van der Waals surface area contributed by atoms with Crippen molar-refractivity contribution < 1.29 is 14.6 Å². The first-order valence-corrected chi connectivity index (χ1v) is 5.78. The Hall–Kier alpha value is -1.94. The summed E-state index contributed by atoms with van der Waals surface area (Å²) in [4.78, 5) is 16.3. The maximum Gasteiger partial charge on any atom is 0.338 e. The van der Waals surface area contributed by atoms with Gasteiger partial charge in [0.25, 0.3) is 0 Å². The molecular weight excluding hydrogens is 230 g/mol. The van der Waals surface area contributed by atoms with Gasteiger partial charge in [-0.15, -0.1) is 0 Å². The third-order valence-corrected chi connectivity index (χ3v) is 2.64. The molecule has 1 aromatic heterocycles. The Kier molecular flexibility index (Phi) is 3.58. The van der Waals surface area contributed by atoms with Crippen molar-refractivity contribution in [2.45, 2.75) is 13.8 Å². The maximum atomic E-state index is 11.9. The number of aromatic nitrogens is 1. The average molecular weight is 245 g/mol. The molecule has 0 radical (unpaired) electrons. The van der Waals surface area contributed by atoms with Crippen molar-refractivity contribution in [1.82, 2.24) is 4.98 Å². The summed E-state index contributed by atoms with van der Waals surface area (Å²) in [6.07, 6.45) is 0. The molecule has 4 heteroatoms. The van der Waals surface area contributed by atoms with Crippen LogP contribution in [-0.4, -0.2) is 29.3 Å². The van der Waals surface area contributed by atoms with Crippen molar-refractivity contribution in [3.05, 3.63) is 41.1 Å². The molecule has 0 saturated carbocycles. The van der Waals surface area contributed by atoms with Gasteiger partial charge >= 0.3 is 5.97 Å². The Bertz CT molecular complexity index is 593. The standard InChI is InChI=1S/C14H15NO3/c1-9-3-4-13-11(7-9)12(8-10(2)15-13)14(17)18-6-5-16/h3-4,7-8,16H,5-6H2,1-2H3. The van der Waals surface area contributed by atoms with Crippen LogP contribution in [0.1, 0.15) is 21.6 Å².